The van der Waals surface area contributed by atoms with E-state index < -0.39 is 5.82 Å². The van der Waals surface area contributed by atoms with E-state index in [1.165, 1.54) is 12.1 Å². The van der Waals surface area contributed by atoms with Crippen molar-refractivity contribution in [3.05, 3.63) is 69.4 Å². The quantitative estimate of drug-likeness (QED) is 0.611. The van der Waals surface area contributed by atoms with Crippen LogP contribution in [0.5, 0.6) is 0 Å². The van der Waals surface area contributed by atoms with Crippen LogP contribution in [0.1, 0.15) is 28.8 Å². The Morgan fingerprint density at radius 1 is 1.28 bits per heavy atom. The maximum absolute atomic E-state index is 13.7. The molecule has 1 aromatic heterocycles. The number of fused-ring (bicyclic) bond motifs is 1. The van der Waals surface area contributed by atoms with Gasteiger partial charge < -0.3 is 14.5 Å². The van der Waals surface area contributed by atoms with E-state index in [0.29, 0.717) is 17.8 Å². The van der Waals surface area contributed by atoms with Crippen LogP contribution in [0.15, 0.2) is 56.3 Å². The Morgan fingerprint density at radius 3 is 2.93 bits per heavy atom. The maximum Gasteiger partial charge on any atom is 0.256 e. The topological polar surface area (TPSA) is 63.8 Å². The molecule has 7 heteroatoms. The van der Waals surface area contributed by atoms with Crippen molar-refractivity contribution in [1.82, 2.24) is 5.32 Å². The molecule has 1 atom stereocenters. The molecule has 2 heterocycles. The summed E-state index contributed by atoms with van der Waals surface area (Å²) in [5.41, 5.74) is 2.20. The summed E-state index contributed by atoms with van der Waals surface area (Å²) in [4.78, 5) is 17.4. The minimum atomic E-state index is -0.400. The lowest BCUT2D eigenvalue weighted by Gasteiger charge is -2.11. The number of carbonyl (C=O) groups is 1. The molecule has 1 fully saturated rings. The van der Waals surface area contributed by atoms with Gasteiger partial charge in [0, 0.05) is 23.0 Å². The van der Waals surface area contributed by atoms with E-state index in [4.69, 9.17) is 9.15 Å². The Bertz CT molecular complexity index is 1140. The number of halogens is 2. The summed E-state index contributed by atoms with van der Waals surface area (Å²) in [5.74, 6) is -0.706. The van der Waals surface area contributed by atoms with Crippen molar-refractivity contribution >= 4 is 38.5 Å². The van der Waals surface area contributed by atoms with Crippen molar-refractivity contribution in [3.8, 4) is 0 Å². The highest BCUT2D eigenvalue weighted by Gasteiger charge is 2.19. The molecule has 29 heavy (non-hydrogen) atoms. The van der Waals surface area contributed by atoms with Gasteiger partial charge in [-0.25, -0.2) is 9.38 Å². The second kappa shape index (κ2) is 8.47. The molecule has 0 unspecified atom stereocenters. The van der Waals surface area contributed by atoms with E-state index in [2.05, 4.69) is 26.2 Å². The fraction of sp³-hybridized carbons (Fsp3) is 0.273. The summed E-state index contributed by atoms with van der Waals surface area (Å²) < 4.78 is 26.1. The minimum absolute atomic E-state index is 0.0244. The minimum Gasteiger partial charge on any atom is -0.438 e. The Kier molecular flexibility index (Phi) is 5.78. The third kappa shape index (κ3) is 4.57. The molecule has 150 valence electrons. The first kappa shape index (κ1) is 19.8. The number of nitrogens with zero attached hydrogens (tertiary/aromatic N) is 1. The zero-order valence-corrected chi connectivity index (χ0v) is 17.5. The van der Waals surface area contributed by atoms with E-state index in [1.807, 2.05) is 19.1 Å². The van der Waals surface area contributed by atoms with Crippen LogP contribution in [-0.2, 0) is 4.74 Å². The summed E-state index contributed by atoms with van der Waals surface area (Å²) in [6, 6.07) is 11.6. The number of ether oxygens (including phenoxy) is 1. The zero-order valence-electron chi connectivity index (χ0n) is 15.9. The summed E-state index contributed by atoms with van der Waals surface area (Å²) in [5, 5.41) is 3.66. The molecule has 3 aromatic rings. The van der Waals surface area contributed by atoms with Gasteiger partial charge in [-0.15, -0.1) is 0 Å². The number of rotatable bonds is 4. The highest BCUT2D eigenvalue weighted by molar-refractivity contribution is 9.10. The lowest BCUT2D eigenvalue weighted by atomic mass is 10.1. The molecule has 1 saturated heterocycles. The van der Waals surface area contributed by atoms with Crippen LogP contribution in [0.25, 0.3) is 11.0 Å². The van der Waals surface area contributed by atoms with Crippen LogP contribution in [0, 0.1) is 12.7 Å². The molecule has 0 spiro atoms. The Balaban J connectivity index is 1.79. The number of aryl methyl sites for hydroxylation is 1. The van der Waals surface area contributed by atoms with Gasteiger partial charge in [0.05, 0.1) is 11.8 Å². The Labute approximate surface area is 175 Å². The van der Waals surface area contributed by atoms with Gasteiger partial charge in [0.2, 0.25) is 5.55 Å². The largest absolute Gasteiger partial charge is 0.438 e. The number of benzene rings is 2. The molecule has 0 aliphatic carbocycles. The monoisotopic (exact) mass is 458 g/mol. The number of hydrogen-bond acceptors (Lipinski definition) is 4. The van der Waals surface area contributed by atoms with Crippen LogP contribution in [0.4, 0.5) is 10.1 Å². The van der Waals surface area contributed by atoms with Gasteiger partial charge in [-0.1, -0.05) is 22.0 Å². The highest BCUT2D eigenvalue weighted by atomic mass is 79.9. The van der Waals surface area contributed by atoms with Crippen molar-refractivity contribution in [2.75, 3.05) is 13.2 Å². The van der Waals surface area contributed by atoms with E-state index in [1.54, 1.807) is 18.2 Å². The van der Waals surface area contributed by atoms with Crippen molar-refractivity contribution in [3.63, 3.8) is 0 Å². The van der Waals surface area contributed by atoms with Crippen LogP contribution in [-0.4, -0.2) is 25.2 Å². The van der Waals surface area contributed by atoms with Gasteiger partial charge in [0.25, 0.3) is 5.91 Å². The Hall–Kier alpha value is -2.51. The molecule has 0 radical (unpaired) electrons. The molecular formula is C22H20BrFN2O3. The average Bonchev–Trinajstić information content (AvgIpc) is 3.22. The second-order valence-electron chi connectivity index (χ2n) is 7.04. The molecule has 1 amide bonds. The number of carbonyl (C=O) groups excluding carboxylic acids is 1. The van der Waals surface area contributed by atoms with Gasteiger partial charge >= 0.3 is 0 Å². The van der Waals surface area contributed by atoms with E-state index >= 15 is 0 Å². The number of nitrogens with one attached hydrogen (secondary N) is 1. The smallest absolute Gasteiger partial charge is 0.256 e. The lowest BCUT2D eigenvalue weighted by Crippen LogP contribution is -2.34. The molecule has 1 N–H and O–H groups in total. The lowest BCUT2D eigenvalue weighted by molar-refractivity contribution is 0.0854. The first-order valence-electron chi connectivity index (χ1n) is 9.44. The third-order valence-electron chi connectivity index (χ3n) is 4.86. The van der Waals surface area contributed by atoms with Gasteiger partial charge in [0.1, 0.15) is 17.0 Å². The maximum atomic E-state index is 13.7. The van der Waals surface area contributed by atoms with Gasteiger partial charge in [-0.05, 0) is 61.7 Å². The molecule has 5 nitrogen and oxygen atoms in total. The van der Waals surface area contributed by atoms with Crippen molar-refractivity contribution in [1.29, 1.82) is 0 Å². The van der Waals surface area contributed by atoms with Crippen LogP contribution < -0.4 is 10.9 Å². The summed E-state index contributed by atoms with van der Waals surface area (Å²) in [7, 11) is 0. The van der Waals surface area contributed by atoms with E-state index in [-0.39, 0.29) is 23.1 Å². The van der Waals surface area contributed by atoms with Crippen LogP contribution in [0.3, 0.4) is 0 Å². The van der Waals surface area contributed by atoms with Gasteiger partial charge in [-0.3, -0.25) is 4.79 Å². The summed E-state index contributed by atoms with van der Waals surface area (Å²) in [6.45, 7) is 2.97. The standard InChI is InChI=1S/C22H20BrFN2O3/c1-13-4-6-16(24)11-19(13)26-22-18(21(27)25-12-17-3-2-8-28-17)10-14-9-15(23)5-7-20(14)29-22/h4-7,9-11,17H,2-3,8,12H2,1H3,(H,25,27)/t17-/m1/s1. The van der Waals surface area contributed by atoms with Crippen molar-refractivity contribution in [2.45, 2.75) is 25.9 Å². The number of amides is 1. The third-order valence-corrected chi connectivity index (χ3v) is 5.35. The Morgan fingerprint density at radius 2 is 2.14 bits per heavy atom. The predicted octanol–water partition coefficient (Wildman–Crippen LogP) is 4.78. The molecule has 2 aromatic carbocycles. The second-order valence-corrected chi connectivity index (χ2v) is 7.95. The average molecular weight is 459 g/mol. The predicted molar refractivity (Wildman–Crippen MR) is 112 cm³/mol. The fourth-order valence-electron chi connectivity index (χ4n) is 3.27. The van der Waals surface area contributed by atoms with Crippen molar-refractivity contribution < 1.29 is 18.3 Å². The first-order chi connectivity index (χ1) is 14.0. The summed E-state index contributed by atoms with van der Waals surface area (Å²) >= 11 is 3.44. The molecule has 1 aliphatic rings. The molecule has 0 saturated carbocycles. The van der Waals surface area contributed by atoms with Crippen LogP contribution in [0.2, 0.25) is 0 Å². The molecule has 1 aliphatic heterocycles. The van der Waals surface area contributed by atoms with E-state index in [9.17, 15) is 9.18 Å². The molecule has 4 rings (SSSR count). The SMILES string of the molecule is Cc1ccc(F)cc1N=c1oc2ccc(Br)cc2cc1C(=O)NC[C@H]1CCCO1. The molecule has 0 bridgehead atoms. The zero-order chi connectivity index (χ0) is 20.4. The summed E-state index contributed by atoms with van der Waals surface area (Å²) in [6.07, 6.45) is 1.95. The highest BCUT2D eigenvalue weighted by Crippen LogP contribution is 2.22. The van der Waals surface area contributed by atoms with Gasteiger partial charge in [0.15, 0.2) is 0 Å². The van der Waals surface area contributed by atoms with Gasteiger partial charge in [-0.2, -0.15) is 0 Å². The fourth-order valence-corrected chi connectivity index (χ4v) is 3.65. The van der Waals surface area contributed by atoms with Crippen LogP contribution >= 0.6 is 15.9 Å². The normalized spacial score (nSPS) is 17.1. The first-order valence-corrected chi connectivity index (χ1v) is 10.2. The molecular weight excluding hydrogens is 439 g/mol. The van der Waals surface area contributed by atoms with Crippen molar-refractivity contribution in [2.24, 2.45) is 4.99 Å². The number of hydrogen-bond donors (Lipinski definition) is 1. The van der Waals surface area contributed by atoms with E-state index in [0.717, 1.165) is 34.9 Å².